The van der Waals surface area contributed by atoms with Crippen LogP contribution >= 0.6 is 0 Å². The van der Waals surface area contributed by atoms with E-state index in [9.17, 15) is 4.79 Å². The Morgan fingerprint density at radius 3 is 3.19 bits per heavy atom. The lowest BCUT2D eigenvalue weighted by molar-refractivity contribution is -0.140. The number of hydrogen-bond donors (Lipinski definition) is 1. The zero-order valence-electron chi connectivity index (χ0n) is 8.90. The van der Waals surface area contributed by atoms with E-state index in [2.05, 4.69) is 14.9 Å². The van der Waals surface area contributed by atoms with Gasteiger partial charge in [-0.05, 0) is 18.1 Å². The first-order chi connectivity index (χ1) is 7.81. The van der Waals surface area contributed by atoms with Gasteiger partial charge in [0, 0.05) is 12.0 Å². The van der Waals surface area contributed by atoms with Crippen molar-refractivity contribution in [3.63, 3.8) is 0 Å². The van der Waals surface area contributed by atoms with Gasteiger partial charge in [0.05, 0.1) is 31.5 Å². The second-order valence-corrected chi connectivity index (χ2v) is 3.36. The minimum absolute atomic E-state index is 0.223. The molecule has 0 radical (unpaired) electrons. The van der Waals surface area contributed by atoms with Gasteiger partial charge in [-0.3, -0.25) is 9.89 Å². The second-order valence-electron chi connectivity index (χ2n) is 3.36. The Morgan fingerprint density at radius 2 is 2.50 bits per heavy atom. The van der Waals surface area contributed by atoms with Crippen molar-refractivity contribution in [3.8, 4) is 11.3 Å². The first-order valence-corrected chi connectivity index (χ1v) is 4.93. The minimum atomic E-state index is -0.223. The molecule has 0 amide bonds. The normalized spacial score (nSPS) is 10.3. The van der Waals surface area contributed by atoms with E-state index in [0.29, 0.717) is 12.8 Å². The molecule has 0 saturated carbocycles. The number of rotatable bonds is 4. The second kappa shape index (κ2) is 4.65. The van der Waals surface area contributed by atoms with Gasteiger partial charge in [0.1, 0.15) is 0 Å². The summed E-state index contributed by atoms with van der Waals surface area (Å²) in [6.45, 7) is 0. The number of esters is 1. The Bertz CT molecular complexity index is 459. The van der Waals surface area contributed by atoms with Gasteiger partial charge in [0.2, 0.25) is 0 Å². The summed E-state index contributed by atoms with van der Waals surface area (Å²) in [4.78, 5) is 11.0. The number of carbonyl (C=O) groups is 1. The molecule has 5 nitrogen and oxygen atoms in total. The molecule has 0 saturated heterocycles. The van der Waals surface area contributed by atoms with E-state index in [1.807, 2.05) is 6.07 Å². The highest BCUT2D eigenvalue weighted by molar-refractivity contribution is 5.70. The maximum absolute atomic E-state index is 11.0. The molecule has 0 aliphatic heterocycles. The van der Waals surface area contributed by atoms with Crippen molar-refractivity contribution >= 4 is 5.97 Å². The van der Waals surface area contributed by atoms with Crippen molar-refractivity contribution < 1.29 is 13.9 Å². The van der Waals surface area contributed by atoms with Gasteiger partial charge < -0.3 is 9.15 Å². The van der Waals surface area contributed by atoms with Crippen LogP contribution < -0.4 is 0 Å². The molecule has 2 aromatic heterocycles. The van der Waals surface area contributed by atoms with E-state index in [1.54, 1.807) is 18.7 Å². The van der Waals surface area contributed by atoms with Crippen LogP contribution in [-0.4, -0.2) is 23.3 Å². The first-order valence-electron chi connectivity index (χ1n) is 4.93. The van der Waals surface area contributed by atoms with Crippen LogP contribution in [0.5, 0.6) is 0 Å². The van der Waals surface area contributed by atoms with Crippen LogP contribution in [0.3, 0.4) is 0 Å². The summed E-state index contributed by atoms with van der Waals surface area (Å²) in [5, 5.41) is 6.85. The highest BCUT2D eigenvalue weighted by atomic mass is 16.5. The summed E-state index contributed by atoms with van der Waals surface area (Å²) in [5.41, 5.74) is 2.79. The summed E-state index contributed by atoms with van der Waals surface area (Å²) in [5.74, 6) is -0.223. The van der Waals surface area contributed by atoms with Crippen molar-refractivity contribution in [3.05, 3.63) is 30.4 Å². The average Bonchev–Trinajstić information content (AvgIpc) is 2.95. The van der Waals surface area contributed by atoms with Gasteiger partial charge in [-0.25, -0.2) is 0 Å². The number of ether oxygens (including phenoxy) is 1. The molecule has 2 aromatic rings. The molecule has 0 fully saturated rings. The summed E-state index contributed by atoms with van der Waals surface area (Å²) in [6.07, 6.45) is 5.89. The summed E-state index contributed by atoms with van der Waals surface area (Å²) < 4.78 is 9.59. The molecule has 0 unspecified atom stereocenters. The van der Waals surface area contributed by atoms with Crippen molar-refractivity contribution in [2.45, 2.75) is 12.8 Å². The zero-order chi connectivity index (χ0) is 11.4. The highest BCUT2D eigenvalue weighted by Crippen LogP contribution is 2.22. The quantitative estimate of drug-likeness (QED) is 0.797. The van der Waals surface area contributed by atoms with E-state index >= 15 is 0 Å². The predicted molar refractivity (Wildman–Crippen MR) is 56.6 cm³/mol. The smallest absolute Gasteiger partial charge is 0.305 e. The maximum Gasteiger partial charge on any atom is 0.305 e. The molecule has 1 N–H and O–H groups in total. The molecule has 2 rings (SSSR count). The van der Waals surface area contributed by atoms with E-state index < -0.39 is 0 Å². The third-order valence-corrected chi connectivity index (χ3v) is 2.35. The van der Waals surface area contributed by atoms with Crippen LogP contribution in [-0.2, 0) is 16.0 Å². The van der Waals surface area contributed by atoms with E-state index in [1.165, 1.54) is 7.11 Å². The van der Waals surface area contributed by atoms with Crippen molar-refractivity contribution in [1.29, 1.82) is 0 Å². The van der Waals surface area contributed by atoms with Crippen molar-refractivity contribution in [2.24, 2.45) is 0 Å². The predicted octanol–water partition coefficient (Wildman–Crippen LogP) is 1.78. The Hall–Kier alpha value is -2.04. The molecule has 0 aliphatic rings. The third kappa shape index (κ3) is 2.13. The molecule has 0 bridgehead atoms. The number of H-pyrrole nitrogens is 1. The molecule has 0 spiro atoms. The van der Waals surface area contributed by atoms with Gasteiger partial charge in [-0.1, -0.05) is 0 Å². The van der Waals surface area contributed by atoms with Gasteiger partial charge in [0.15, 0.2) is 0 Å². The molecule has 16 heavy (non-hydrogen) atoms. The Balaban J connectivity index is 2.11. The van der Waals surface area contributed by atoms with E-state index in [-0.39, 0.29) is 5.97 Å². The molecule has 84 valence electrons. The molecule has 0 aromatic carbocycles. The zero-order valence-corrected chi connectivity index (χ0v) is 8.90. The van der Waals surface area contributed by atoms with Gasteiger partial charge in [-0.2, -0.15) is 5.10 Å². The molecule has 2 heterocycles. The molecule has 0 aliphatic carbocycles. The van der Waals surface area contributed by atoms with Crippen LogP contribution in [0.4, 0.5) is 0 Å². The Kier molecular flexibility index (Phi) is 3.05. The fourth-order valence-electron chi connectivity index (χ4n) is 1.50. The van der Waals surface area contributed by atoms with Gasteiger partial charge in [0.25, 0.3) is 0 Å². The van der Waals surface area contributed by atoms with Crippen molar-refractivity contribution in [2.75, 3.05) is 7.11 Å². The molecular weight excluding hydrogens is 208 g/mol. The molecule has 5 heteroatoms. The number of aromatic amines is 1. The monoisotopic (exact) mass is 220 g/mol. The van der Waals surface area contributed by atoms with Crippen molar-refractivity contribution in [1.82, 2.24) is 10.2 Å². The maximum atomic E-state index is 11.0. The summed E-state index contributed by atoms with van der Waals surface area (Å²) >= 11 is 0. The first kappa shape index (κ1) is 10.5. The standard InChI is InChI=1S/C11H12N2O3/c1-15-10(14)3-2-8-6-12-13-11(8)9-4-5-16-7-9/h4-7H,2-3H2,1H3,(H,12,13). The van der Waals surface area contributed by atoms with Crippen LogP contribution in [0.1, 0.15) is 12.0 Å². The summed E-state index contributed by atoms with van der Waals surface area (Å²) in [7, 11) is 1.38. The topological polar surface area (TPSA) is 68.1 Å². The van der Waals surface area contributed by atoms with Crippen LogP contribution in [0, 0.1) is 0 Å². The van der Waals surface area contributed by atoms with Gasteiger partial charge >= 0.3 is 5.97 Å². The largest absolute Gasteiger partial charge is 0.472 e. The average molecular weight is 220 g/mol. The lowest BCUT2D eigenvalue weighted by Gasteiger charge is -2.00. The number of nitrogens with zero attached hydrogens (tertiary/aromatic N) is 1. The summed E-state index contributed by atoms with van der Waals surface area (Å²) in [6, 6.07) is 1.84. The molecule has 0 atom stereocenters. The fourth-order valence-corrected chi connectivity index (χ4v) is 1.50. The van der Waals surface area contributed by atoms with Crippen LogP contribution in [0.25, 0.3) is 11.3 Å². The minimum Gasteiger partial charge on any atom is -0.472 e. The number of carbonyl (C=O) groups excluding carboxylic acids is 1. The Morgan fingerprint density at radius 1 is 1.62 bits per heavy atom. The number of nitrogens with one attached hydrogen (secondary N) is 1. The third-order valence-electron chi connectivity index (χ3n) is 2.35. The number of methoxy groups -OCH3 is 1. The lowest BCUT2D eigenvalue weighted by atomic mass is 10.1. The van der Waals surface area contributed by atoms with Crippen LogP contribution in [0.2, 0.25) is 0 Å². The highest BCUT2D eigenvalue weighted by Gasteiger charge is 2.10. The van der Waals surface area contributed by atoms with E-state index in [0.717, 1.165) is 16.8 Å². The number of furan rings is 1. The number of hydrogen-bond acceptors (Lipinski definition) is 4. The molecular formula is C11H12N2O3. The van der Waals surface area contributed by atoms with Gasteiger partial charge in [-0.15, -0.1) is 0 Å². The fraction of sp³-hybridized carbons (Fsp3) is 0.273. The van der Waals surface area contributed by atoms with E-state index in [4.69, 9.17) is 4.42 Å². The lowest BCUT2D eigenvalue weighted by Crippen LogP contribution is -2.01. The number of aryl methyl sites for hydroxylation is 1. The SMILES string of the molecule is COC(=O)CCc1cn[nH]c1-c1ccoc1. The Labute approximate surface area is 92.4 Å². The number of aromatic nitrogens is 2. The van der Waals surface area contributed by atoms with Crippen LogP contribution in [0.15, 0.2) is 29.2 Å².